The lowest BCUT2D eigenvalue weighted by Gasteiger charge is -2.30. The summed E-state index contributed by atoms with van der Waals surface area (Å²) in [4.78, 5) is 14.8. The summed E-state index contributed by atoms with van der Waals surface area (Å²) in [6.07, 6.45) is 7.41. The summed E-state index contributed by atoms with van der Waals surface area (Å²) < 4.78 is 11.1. The largest absolute Gasteiger partial charge is 0.493 e. The van der Waals surface area contributed by atoms with Crippen LogP contribution in [0.25, 0.3) is 11.0 Å². The molecular formula is C17H17NO3. The molecular weight excluding hydrogens is 266 g/mol. The molecule has 0 radical (unpaired) electrons. The maximum atomic E-state index is 12.8. The second kappa shape index (κ2) is 4.65. The molecule has 0 unspecified atom stereocenters. The molecule has 21 heavy (non-hydrogen) atoms. The van der Waals surface area contributed by atoms with Crippen LogP contribution in [-0.4, -0.2) is 30.0 Å². The van der Waals surface area contributed by atoms with Crippen LogP contribution in [0.15, 0.2) is 40.8 Å². The van der Waals surface area contributed by atoms with Crippen molar-refractivity contribution in [2.45, 2.75) is 31.3 Å². The summed E-state index contributed by atoms with van der Waals surface area (Å²) >= 11 is 0. The molecule has 1 amide bonds. The number of para-hydroxylation sites is 1. The number of hydrogen-bond donors (Lipinski definition) is 0. The molecule has 0 spiro atoms. The Balaban J connectivity index is 1.73. The third kappa shape index (κ3) is 1.86. The number of furan rings is 1. The number of nitrogens with zero attached hydrogens (tertiary/aromatic N) is 1. The van der Waals surface area contributed by atoms with Crippen LogP contribution in [0.3, 0.4) is 0 Å². The summed E-state index contributed by atoms with van der Waals surface area (Å²) in [5.41, 5.74) is 0.642. The molecule has 108 valence electrons. The van der Waals surface area contributed by atoms with Crippen molar-refractivity contribution in [1.29, 1.82) is 0 Å². The van der Waals surface area contributed by atoms with E-state index in [1.807, 2.05) is 29.2 Å². The van der Waals surface area contributed by atoms with Gasteiger partial charge in [0.25, 0.3) is 5.91 Å². The van der Waals surface area contributed by atoms with E-state index < -0.39 is 0 Å². The first-order valence-electron chi connectivity index (χ1n) is 7.34. The Bertz CT molecular complexity index is 731. The van der Waals surface area contributed by atoms with Crippen molar-refractivity contribution < 1.29 is 13.9 Å². The lowest BCUT2D eigenvalue weighted by molar-refractivity contribution is 0.0658. The van der Waals surface area contributed by atoms with Crippen molar-refractivity contribution in [3.63, 3.8) is 0 Å². The van der Waals surface area contributed by atoms with E-state index in [1.165, 1.54) is 0 Å². The Labute approximate surface area is 123 Å². The minimum atomic E-state index is -0.00916. The predicted octanol–water partition coefficient (Wildman–Crippen LogP) is 3.37. The van der Waals surface area contributed by atoms with Crippen LogP contribution in [0, 0.1) is 0 Å². The fourth-order valence-electron chi connectivity index (χ4n) is 3.47. The molecule has 2 aliphatic heterocycles. The summed E-state index contributed by atoms with van der Waals surface area (Å²) in [6.45, 7) is 0. The number of ether oxygens (including phenoxy) is 1. The Morgan fingerprint density at radius 2 is 2.29 bits per heavy atom. The van der Waals surface area contributed by atoms with E-state index in [1.54, 1.807) is 7.11 Å². The molecule has 3 heterocycles. The third-order valence-corrected chi connectivity index (χ3v) is 4.49. The molecule has 2 aliphatic rings. The van der Waals surface area contributed by atoms with E-state index in [2.05, 4.69) is 12.2 Å². The number of benzene rings is 1. The van der Waals surface area contributed by atoms with Crippen LogP contribution < -0.4 is 4.74 Å². The Kier molecular flexibility index (Phi) is 2.77. The van der Waals surface area contributed by atoms with Gasteiger partial charge in [-0.2, -0.15) is 0 Å². The summed E-state index contributed by atoms with van der Waals surface area (Å²) in [6, 6.07) is 8.04. The van der Waals surface area contributed by atoms with Crippen molar-refractivity contribution in [3.8, 4) is 5.75 Å². The van der Waals surface area contributed by atoms with Gasteiger partial charge in [0.05, 0.1) is 13.2 Å². The minimum absolute atomic E-state index is 0.00916. The third-order valence-electron chi connectivity index (χ3n) is 4.49. The first kappa shape index (κ1) is 12.5. The molecule has 0 saturated carbocycles. The number of carbonyl (C=O) groups is 1. The number of amides is 1. The summed E-state index contributed by atoms with van der Waals surface area (Å²) in [7, 11) is 1.61. The van der Waals surface area contributed by atoms with Crippen molar-refractivity contribution in [3.05, 3.63) is 42.2 Å². The van der Waals surface area contributed by atoms with E-state index in [4.69, 9.17) is 9.15 Å². The van der Waals surface area contributed by atoms with Crippen molar-refractivity contribution in [1.82, 2.24) is 4.90 Å². The average molecular weight is 283 g/mol. The molecule has 4 nitrogen and oxygen atoms in total. The van der Waals surface area contributed by atoms with Crippen LogP contribution in [0.2, 0.25) is 0 Å². The highest BCUT2D eigenvalue weighted by atomic mass is 16.5. The van der Waals surface area contributed by atoms with Crippen LogP contribution >= 0.6 is 0 Å². The molecule has 4 rings (SSSR count). The van der Waals surface area contributed by atoms with Crippen molar-refractivity contribution >= 4 is 16.9 Å². The van der Waals surface area contributed by atoms with Crippen LogP contribution in [0.4, 0.5) is 0 Å². The standard InChI is InChI=1S/C17H17NO3/c1-20-14-7-2-4-11-10-15(21-16(11)14)17(19)18-12-5-3-6-13(18)9-8-12/h2-5,7,10,12-13H,6,8-9H2,1H3/t12-,13-/m0/s1. The molecule has 1 saturated heterocycles. The van der Waals surface area contributed by atoms with Gasteiger partial charge in [0.2, 0.25) is 0 Å². The maximum absolute atomic E-state index is 12.8. The number of methoxy groups -OCH3 is 1. The zero-order valence-electron chi connectivity index (χ0n) is 11.9. The zero-order valence-corrected chi connectivity index (χ0v) is 11.9. The number of fused-ring (bicyclic) bond motifs is 3. The molecule has 4 heteroatoms. The highest BCUT2D eigenvalue weighted by Gasteiger charge is 2.38. The Morgan fingerprint density at radius 3 is 3.10 bits per heavy atom. The molecule has 2 atom stereocenters. The van der Waals surface area contributed by atoms with E-state index in [-0.39, 0.29) is 11.9 Å². The van der Waals surface area contributed by atoms with Crippen molar-refractivity contribution in [2.24, 2.45) is 0 Å². The number of carbonyl (C=O) groups excluding carboxylic acids is 1. The van der Waals surface area contributed by atoms with Gasteiger partial charge in [0, 0.05) is 11.4 Å². The Morgan fingerprint density at radius 1 is 1.38 bits per heavy atom. The smallest absolute Gasteiger partial charge is 0.290 e. The fraction of sp³-hybridized carbons (Fsp3) is 0.353. The lowest BCUT2D eigenvalue weighted by atomic mass is 10.1. The van der Waals surface area contributed by atoms with Gasteiger partial charge in [-0.25, -0.2) is 0 Å². The zero-order chi connectivity index (χ0) is 14.4. The first-order chi connectivity index (χ1) is 10.3. The van der Waals surface area contributed by atoms with E-state index >= 15 is 0 Å². The monoisotopic (exact) mass is 283 g/mol. The number of hydrogen-bond acceptors (Lipinski definition) is 3. The second-order valence-electron chi connectivity index (χ2n) is 5.66. The Hall–Kier alpha value is -2.23. The van der Waals surface area contributed by atoms with Crippen LogP contribution in [0.1, 0.15) is 29.8 Å². The van der Waals surface area contributed by atoms with E-state index in [0.717, 1.165) is 24.6 Å². The fourth-order valence-corrected chi connectivity index (χ4v) is 3.47. The van der Waals surface area contributed by atoms with E-state index in [9.17, 15) is 4.79 Å². The van der Waals surface area contributed by atoms with Crippen LogP contribution in [0.5, 0.6) is 5.75 Å². The topological polar surface area (TPSA) is 42.7 Å². The van der Waals surface area contributed by atoms with Crippen LogP contribution in [-0.2, 0) is 0 Å². The summed E-state index contributed by atoms with van der Waals surface area (Å²) in [5.74, 6) is 1.06. The van der Waals surface area contributed by atoms with Crippen molar-refractivity contribution in [2.75, 3.05) is 7.11 Å². The quantitative estimate of drug-likeness (QED) is 0.794. The summed E-state index contributed by atoms with van der Waals surface area (Å²) in [5, 5.41) is 0.901. The normalized spacial score (nSPS) is 23.8. The molecule has 1 aromatic heterocycles. The van der Waals surface area contributed by atoms with Gasteiger partial charge in [-0.3, -0.25) is 4.79 Å². The van der Waals surface area contributed by atoms with E-state index in [0.29, 0.717) is 23.1 Å². The molecule has 2 aromatic rings. The van der Waals surface area contributed by atoms with Gasteiger partial charge in [-0.15, -0.1) is 0 Å². The second-order valence-corrected chi connectivity index (χ2v) is 5.66. The van der Waals surface area contributed by atoms with Gasteiger partial charge < -0.3 is 14.1 Å². The highest BCUT2D eigenvalue weighted by molar-refractivity contribution is 5.98. The highest BCUT2D eigenvalue weighted by Crippen LogP contribution is 2.35. The van der Waals surface area contributed by atoms with Gasteiger partial charge >= 0.3 is 0 Å². The van der Waals surface area contributed by atoms with Gasteiger partial charge in [-0.05, 0) is 31.4 Å². The molecule has 2 bridgehead atoms. The van der Waals surface area contributed by atoms with Gasteiger partial charge in [0.1, 0.15) is 0 Å². The maximum Gasteiger partial charge on any atom is 0.290 e. The predicted molar refractivity (Wildman–Crippen MR) is 79.5 cm³/mol. The van der Waals surface area contributed by atoms with Gasteiger partial charge in [-0.1, -0.05) is 24.3 Å². The molecule has 1 fully saturated rings. The molecule has 1 aromatic carbocycles. The molecule has 0 N–H and O–H groups in total. The minimum Gasteiger partial charge on any atom is -0.493 e. The average Bonchev–Trinajstić information content (AvgIpc) is 3.05. The SMILES string of the molecule is COc1cccc2cc(C(=O)N3[C@H]4CC=C[C@H]3CC4)oc12. The first-order valence-corrected chi connectivity index (χ1v) is 7.34. The lowest BCUT2D eigenvalue weighted by Crippen LogP contribution is -2.41. The number of rotatable bonds is 2. The van der Waals surface area contributed by atoms with Gasteiger partial charge in [0.15, 0.2) is 17.1 Å². The molecule has 0 aliphatic carbocycles.